The van der Waals surface area contributed by atoms with Crippen LogP contribution in [0.25, 0.3) is 0 Å². The zero-order valence-corrected chi connectivity index (χ0v) is 8.20. The minimum atomic E-state index is -0.628. The number of carbonyl (C=O) groups excluding carboxylic acids is 2. The lowest BCUT2D eigenvalue weighted by Gasteiger charge is -2.05. The van der Waals surface area contributed by atoms with Crippen LogP contribution in [0.3, 0.4) is 0 Å². The first-order chi connectivity index (χ1) is 6.65. The second kappa shape index (κ2) is 6.71. The van der Waals surface area contributed by atoms with Gasteiger partial charge in [-0.25, -0.2) is 9.59 Å². The van der Waals surface area contributed by atoms with Gasteiger partial charge in [0.25, 0.3) is 0 Å². The monoisotopic (exact) mass is 199 g/mol. The molecule has 0 unspecified atom stereocenters. The van der Waals surface area contributed by atoms with Gasteiger partial charge in [0, 0.05) is 6.54 Å². The predicted octanol–water partition coefficient (Wildman–Crippen LogP) is -0.00810. The molecule has 0 aliphatic carbocycles. The van der Waals surface area contributed by atoms with Gasteiger partial charge in [-0.15, -0.1) is 6.58 Å². The lowest BCUT2D eigenvalue weighted by Crippen LogP contribution is -2.23. The fraction of sp³-hybridized carbons (Fsp3) is 0.333. The Morgan fingerprint density at radius 3 is 2.43 bits per heavy atom. The van der Waals surface area contributed by atoms with Crippen LogP contribution in [-0.2, 0) is 19.1 Å². The van der Waals surface area contributed by atoms with Gasteiger partial charge in [-0.1, -0.05) is 6.08 Å². The first kappa shape index (κ1) is 12.2. The molecule has 0 atom stereocenters. The maximum atomic E-state index is 11.1. The highest BCUT2D eigenvalue weighted by molar-refractivity contribution is 5.95. The van der Waals surface area contributed by atoms with Crippen LogP contribution in [-0.4, -0.2) is 32.7 Å². The van der Waals surface area contributed by atoms with Gasteiger partial charge in [0.1, 0.15) is 5.70 Å². The van der Waals surface area contributed by atoms with Crippen molar-refractivity contribution in [1.82, 2.24) is 5.32 Å². The maximum absolute atomic E-state index is 11.1. The molecule has 0 radical (unpaired) electrons. The van der Waals surface area contributed by atoms with Crippen molar-refractivity contribution in [2.45, 2.75) is 0 Å². The summed E-state index contributed by atoms with van der Waals surface area (Å²) in [5.41, 5.74) is 0.0410. The van der Waals surface area contributed by atoms with E-state index in [9.17, 15) is 9.59 Å². The first-order valence-corrected chi connectivity index (χ1v) is 3.88. The number of carbonyl (C=O) groups is 2. The Labute approximate surface area is 82.4 Å². The van der Waals surface area contributed by atoms with Crippen LogP contribution >= 0.6 is 0 Å². The van der Waals surface area contributed by atoms with Gasteiger partial charge >= 0.3 is 11.9 Å². The fourth-order valence-corrected chi connectivity index (χ4v) is 0.651. The molecule has 0 aromatic carbocycles. The number of hydrogen-bond donors (Lipinski definition) is 1. The minimum absolute atomic E-state index is 0.0410. The Balaban J connectivity index is 4.52. The Morgan fingerprint density at radius 2 is 2.00 bits per heavy atom. The molecular formula is C9H13NO4. The van der Waals surface area contributed by atoms with Crippen molar-refractivity contribution in [2.24, 2.45) is 0 Å². The molecule has 0 saturated carbocycles. The summed E-state index contributed by atoms with van der Waals surface area (Å²) in [6.07, 6.45) is 2.57. The summed E-state index contributed by atoms with van der Waals surface area (Å²) < 4.78 is 8.81. The van der Waals surface area contributed by atoms with Crippen LogP contribution in [0.4, 0.5) is 0 Å². The van der Waals surface area contributed by atoms with Crippen molar-refractivity contribution in [3.05, 3.63) is 24.4 Å². The topological polar surface area (TPSA) is 64.6 Å². The number of hydrogen-bond acceptors (Lipinski definition) is 5. The van der Waals surface area contributed by atoms with Crippen molar-refractivity contribution in [3.8, 4) is 0 Å². The molecule has 0 aromatic heterocycles. The minimum Gasteiger partial charge on any atom is -0.466 e. The second-order valence-corrected chi connectivity index (χ2v) is 2.24. The van der Waals surface area contributed by atoms with E-state index in [1.54, 1.807) is 6.08 Å². The Morgan fingerprint density at radius 1 is 1.36 bits per heavy atom. The van der Waals surface area contributed by atoms with Gasteiger partial charge in [0.05, 0.1) is 20.3 Å². The standard InChI is InChI=1S/C9H13NO4/c1-4-5-10-7(9(12)14-3)6-8(11)13-2/h4,6,10H,1,5H2,2-3H3/b7-6-. The van der Waals surface area contributed by atoms with Gasteiger partial charge < -0.3 is 14.8 Å². The molecule has 0 bridgehead atoms. The van der Waals surface area contributed by atoms with Crippen molar-refractivity contribution in [3.63, 3.8) is 0 Å². The molecule has 0 aliphatic rings. The molecule has 78 valence electrons. The average Bonchev–Trinajstić information content (AvgIpc) is 2.22. The zero-order chi connectivity index (χ0) is 11.0. The normalized spacial score (nSPS) is 10.3. The molecular weight excluding hydrogens is 186 g/mol. The highest BCUT2D eigenvalue weighted by Crippen LogP contribution is 1.93. The number of esters is 2. The van der Waals surface area contributed by atoms with Crippen molar-refractivity contribution < 1.29 is 19.1 Å². The van der Waals surface area contributed by atoms with E-state index in [0.717, 1.165) is 6.08 Å². The Bertz CT molecular complexity index is 258. The van der Waals surface area contributed by atoms with E-state index in [-0.39, 0.29) is 5.70 Å². The first-order valence-electron chi connectivity index (χ1n) is 3.88. The largest absolute Gasteiger partial charge is 0.466 e. The molecule has 0 aliphatic heterocycles. The van der Waals surface area contributed by atoms with Crippen LogP contribution in [0.2, 0.25) is 0 Å². The van der Waals surface area contributed by atoms with Crippen LogP contribution in [0.15, 0.2) is 24.4 Å². The quantitative estimate of drug-likeness (QED) is 0.383. The predicted molar refractivity (Wildman–Crippen MR) is 50.3 cm³/mol. The molecule has 0 saturated heterocycles. The number of nitrogens with one attached hydrogen (secondary N) is 1. The Kier molecular flexibility index (Phi) is 5.85. The molecule has 0 aromatic rings. The smallest absolute Gasteiger partial charge is 0.354 e. The molecule has 0 amide bonds. The summed E-state index contributed by atoms with van der Waals surface area (Å²) in [5, 5.41) is 2.65. The molecule has 0 spiro atoms. The number of rotatable bonds is 5. The molecule has 14 heavy (non-hydrogen) atoms. The van der Waals surface area contributed by atoms with Gasteiger partial charge in [-0.3, -0.25) is 0 Å². The van der Waals surface area contributed by atoms with Gasteiger partial charge in [0.2, 0.25) is 0 Å². The third-order valence-electron chi connectivity index (χ3n) is 1.31. The molecule has 5 nitrogen and oxygen atoms in total. The maximum Gasteiger partial charge on any atom is 0.354 e. The third-order valence-corrected chi connectivity index (χ3v) is 1.31. The van der Waals surface area contributed by atoms with Crippen LogP contribution in [0.1, 0.15) is 0 Å². The summed E-state index contributed by atoms with van der Waals surface area (Å²) in [6.45, 7) is 3.82. The van der Waals surface area contributed by atoms with E-state index in [1.807, 2.05) is 0 Å². The zero-order valence-electron chi connectivity index (χ0n) is 8.20. The molecule has 0 fully saturated rings. The highest BCUT2D eigenvalue weighted by Gasteiger charge is 2.10. The third kappa shape index (κ3) is 4.30. The Hall–Kier alpha value is -1.78. The van der Waals surface area contributed by atoms with Crippen molar-refractivity contribution >= 4 is 11.9 Å². The van der Waals surface area contributed by atoms with E-state index in [1.165, 1.54) is 14.2 Å². The number of methoxy groups -OCH3 is 2. The lowest BCUT2D eigenvalue weighted by atomic mass is 10.4. The van der Waals surface area contributed by atoms with E-state index in [4.69, 9.17) is 0 Å². The fourth-order valence-electron chi connectivity index (χ4n) is 0.651. The summed E-state index contributed by atoms with van der Waals surface area (Å²) in [5.74, 6) is -1.25. The van der Waals surface area contributed by atoms with E-state index in [0.29, 0.717) is 6.54 Å². The number of ether oxygens (including phenoxy) is 2. The van der Waals surface area contributed by atoms with Gasteiger partial charge in [-0.2, -0.15) is 0 Å². The SMILES string of the molecule is C=CCN/C(=C\C(=O)OC)C(=O)OC. The summed E-state index contributed by atoms with van der Waals surface area (Å²) in [4.78, 5) is 21.9. The highest BCUT2D eigenvalue weighted by atomic mass is 16.5. The molecule has 1 N–H and O–H groups in total. The summed E-state index contributed by atoms with van der Waals surface area (Å²) in [7, 11) is 2.45. The summed E-state index contributed by atoms with van der Waals surface area (Å²) >= 11 is 0. The molecule has 0 rings (SSSR count). The van der Waals surface area contributed by atoms with E-state index in [2.05, 4.69) is 21.4 Å². The van der Waals surface area contributed by atoms with Crippen LogP contribution in [0.5, 0.6) is 0 Å². The molecule has 0 heterocycles. The van der Waals surface area contributed by atoms with Crippen LogP contribution < -0.4 is 5.32 Å². The van der Waals surface area contributed by atoms with Gasteiger partial charge in [0.15, 0.2) is 0 Å². The molecule has 5 heteroatoms. The van der Waals surface area contributed by atoms with E-state index >= 15 is 0 Å². The average molecular weight is 199 g/mol. The van der Waals surface area contributed by atoms with Crippen molar-refractivity contribution in [2.75, 3.05) is 20.8 Å². The van der Waals surface area contributed by atoms with Crippen LogP contribution in [0, 0.1) is 0 Å². The summed E-state index contributed by atoms with van der Waals surface area (Å²) in [6, 6.07) is 0. The second-order valence-electron chi connectivity index (χ2n) is 2.24. The van der Waals surface area contributed by atoms with Crippen molar-refractivity contribution in [1.29, 1.82) is 0 Å². The van der Waals surface area contributed by atoms with Gasteiger partial charge in [-0.05, 0) is 0 Å². The van der Waals surface area contributed by atoms with E-state index < -0.39 is 11.9 Å². The lowest BCUT2D eigenvalue weighted by molar-refractivity contribution is -0.138.